The summed E-state index contributed by atoms with van der Waals surface area (Å²) in [5.41, 5.74) is 4.13. The summed E-state index contributed by atoms with van der Waals surface area (Å²) in [6, 6.07) is 4.52. The predicted molar refractivity (Wildman–Crippen MR) is 65.1 cm³/mol. The van der Waals surface area contributed by atoms with Gasteiger partial charge in [0.05, 0.1) is 0 Å². The average molecular weight is 254 g/mol. The molecule has 0 spiro atoms. The van der Waals surface area contributed by atoms with Gasteiger partial charge in [-0.25, -0.2) is 0 Å². The van der Waals surface area contributed by atoms with E-state index in [2.05, 4.69) is 46.8 Å². The lowest BCUT2D eigenvalue weighted by atomic mass is 10.1. The molecule has 0 amide bonds. The van der Waals surface area contributed by atoms with Crippen LogP contribution in [0.1, 0.15) is 24.0 Å². The van der Waals surface area contributed by atoms with Gasteiger partial charge in [-0.2, -0.15) is 0 Å². The Hall–Kier alpha value is -0.500. The highest BCUT2D eigenvalue weighted by molar-refractivity contribution is 9.10. The normalized spacial score (nSPS) is 16.4. The van der Waals surface area contributed by atoms with Gasteiger partial charge in [0, 0.05) is 23.2 Å². The summed E-state index contributed by atoms with van der Waals surface area (Å²) in [7, 11) is 0. The minimum atomic E-state index is 1.22. The fraction of sp³-hybridized carbons (Fsp3) is 0.500. The van der Waals surface area contributed by atoms with Gasteiger partial charge in [-0.15, -0.1) is 0 Å². The molecule has 0 bridgehead atoms. The molecule has 0 aliphatic carbocycles. The van der Waals surface area contributed by atoms with Crippen molar-refractivity contribution in [2.45, 2.75) is 26.7 Å². The van der Waals surface area contributed by atoms with Crippen LogP contribution in [-0.2, 0) is 0 Å². The predicted octanol–water partition coefficient (Wildman–Crippen LogP) is 3.67. The van der Waals surface area contributed by atoms with Crippen LogP contribution in [0.15, 0.2) is 16.6 Å². The number of rotatable bonds is 1. The van der Waals surface area contributed by atoms with Crippen LogP contribution < -0.4 is 4.90 Å². The van der Waals surface area contributed by atoms with Crippen LogP contribution in [0.25, 0.3) is 0 Å². The van der Waals surface area contributed by atoms with Gasteiger partial charge in [0.1, 0.15) is 0 Å². The van der Waals surface area contributed by atoms with Crippen LogP contribution in [0.3, 0.4) is 0 Å². The van der Waals surface area contributed by atoms with Gasteiger partial charge in [-0.3, -0.25) is 0 Å². The van der Waals surface area contributed by atoms with E-state index >= 15 is 0 Å². The van der Waals surface area contributed by atoms with Gasteiger partial charge < -0.3 is 4.90 Å². The Kier molecular flexibility index (Phi) is 2.82. The third kappa shape index (κ3) is 1.81. The minimum Gasteiger partial charge on any atom is -0.371 e. The Bertz CT molecular complexity index is 340. The van der Waals surface area contributed by atoms with E-state index in [1.807, 2.05) is 0 Å². The Morgan fingerprint density at radius 2 is 1.71 bits per heavy atom. The SMILES string of the molecule is Cc1cc(N2CCCC2)c(C)cc1Br. The molecule has 1 saturated heterocycles. The van der Waals surface area contributed by atoms with E-state index in [1.54, 1.807) is 0 Å². The molecule has 0 saturated carbocycles. The first kappa shape index (κ1) is 10.0. The zero-order valence-electron chi connectivity index (χ0n) is 8.81. The fourth-order valence-corrected chi connectivity index (χ4v) is 2.52. The molecular weight excluding hydrogens is 238 g/mol. The zero-order valence-corrected chi connectivity index (χ0v) is 10.4. The number of nitrogens with zero attached hydrogens (tertiary/aromatic N) is 1. The van der Waals surface area contributed by atoms with E-state index in [0.717, 1.165) is 0 Å². The highest BCUT2D eigenvalue weighted by Gasteiger charge is 2.14. The van der Waals surface area contributed by atoms with E-state index in [0.29, 0.717) is 0 Å². The van der Waals surface area contributed by atoms with Crippen LogP contribution in [0.2, 0.25) is 0 Å². The van der Waals surface area contributed by atoms with Crippen LogP contribution >= 0.6 is 15.9 Å². The minimum absolute atomic E-state index is 1.22. The largest absolute Gasteiger partial charge is 0.371 e. The molecule has 76 valence electrons. The summed E-state index contributed by atoms with van der Waals surface area (Å²) in [5, 5.41) is 0. The highest BCUT2D eigenvalue weighted by atomic mass is 79.9. The smallest absolute Gasteiger partial charge is 0.0399 e. The number of aryl methyl sites for hydroxylation is 2. The quantitative estimate of drug-likeness (QED) is 0.739. The second-order valence-electron chi connectivity index (χ2n) is 4.08. The van der Waals surface area contributed by atoms with Crippen molar-refractivity contribution in [2.24, 2.45) is 0 Å². The van der Waals surface area contributed by atoms with Gasteiger partial charge in [0.15, 0.2) is 0 Å². The van der Waals surface area contributed by atoms with Crippen molar-refractivity contribution in [1.29, 1.82) is 0 Å². The maximum atomic E-state index is 3.57. The molecule has 1 nitrogen and oxygen atoms in total. The number of anilines is 1. The highest BCUT2D eigenvalue weighted by Crippen LogP contribution is 2.29. The second-order valence-corrected chi connectivity index (χ2v) is 4.94. The van der Waals surface area contributed by atoms with Crippen molar-refractivity contribution in [2.75, 3.05) is 18.0 Å². The van der Waals surface area contributed by atoms with Crippen LogP contribution in [0.4, 0.5) is 5.69 Å². The lowest BCUT2D eigenvalue weighted by Crippen LogP contribution is -2.18. The Balaban J connectivity index is 2.37. The summed E-state index contributed by atoms with van der Waals surface area (Å²) in [5.74, 6) is 0. The maximum absolute atomic E-state index is 3.57. The first-order valence-electron chi connectivity index (χ1n) is 5.20. The van der Waals surface area contributed by atoms with Crippen LogP contribution in [-0.4, -0.2) is 13.1 Å². The molecule has 1 aliphatic rings. The number of halogens is 1. The van der Waals surface area contributed by atoms with E-state index in [9.17, 15) is 0 Å². The molecule has 0 atom stereocenters. The van der Waals surface area contributed by atoms with Gasteiger partial charge in [-0.05, 0) is 49.9 Å². The molecule has 0 radical (unpaired) electrons. The molecule has 1 aliphatic heterocycles. The molecule has 0 N–H and O–H groups in total. The summed E-state index contributed by atoms with van der Waals surface area (Å²) in [6.07, 6.45) is 2.68. The van der Waals surface area contributed by atoms with Gasteiger partial charge >= 0.3 is 0 Å². The van der Waals surface area contributed by atoms with Gasteiger partial charge in [0.2, 0.25) is 0 Å². The van der Waals surface area contributed by atoms with E-state index < -0.39 is 0 Å². The van der Waals surface area contributed by atoms with Crippen molar-refractivity contribution >= 4 is 21.6 Å². The second kappa shape index (κ2) is 3.93. The van der Waals surface area contributed by atoms with E-state index in [-0.39, 0.29) is 0 Å². The molecule has 2 heteroatoms. The van der Waals surface area contributed by atoms with Crippen LogP contribution in [0, 0.1) is 13.8 Å². The number of hydrogen-bond donors (Lipinski definition) is 0. The van der Waals surface area contributed by atoms with Crippen molar-refractivity contribution < 1.29 is 0 Å². The van der Waals surface area contributed by atoms with Gasteiger partial charge in [-0.1, -0.05) is 15.9 Å². The third-order valence-corrected chi connectivity index (χ3v) is 3.78. The van der Waals surface area contributed by atoms with Crippen LogP contribution in [0.5, 0.6) is 0 Å². The first-order valence-corrected chi connectivity index (χ1v) is 5.99. The molecule has 0 aromatic heterocycles. The van der Waals surface area contributed by atoms with E-state index in [4.69, 9.17) is 0 Å². The fourth-order valence-electron chi connectivity index (χ4n) is 2.06. The average Bonchev–Trinajstić information content (AvgIpc) is 2.64. The standard InChI is InChI=1S/C12H16BrN/c1-9-8-12(10(2)7-11(9)13)14-5-3-4-6-14/h7-8H,3-6H2,1-2H3. The van der Waals surface area contributed by atoms with Crippen molar-refractivity contribution in [3.05, 3.63) is 27.7 Å². The van der Waals surface area contributed by atoms with Gasteiger partial charge in [0.25, 0.3) is 0 Å². The monoisotopic (exact) mass is 253 g/mol. The molecule has 1 fully saturated rings. The number of benzene rings is 1. The molecule has 1 aromatic rings. The summed E-state index contributed by atoms with van der Waals surface area (Å²) in [6.45, 7) is 6.80. The third-order valence-electron chi connectivity index (χ3n) is 2.92. The molecule has 14 heavy (non-hydrogen) atoms. The van der Waals surface area contributed by atoms with Crippen molar-refractivity contribution in [3.8, 4) is 0 Å². The topological polar surface area (TPSA) is 3.24 Å². The molecule has 1 heterocycles. The number of hydrogen-bond acceptors (Lipinski definition) is 1. The lowest BCUT2D eigenvalue weighted by molar-refractivity contribution is 0.949. The van der Waals surface area contributed by atoms with Crippen molar-refractivity contribution in [3.63, 3.8) is 0 Å². The Morgan fingerprint density at radius 3 is 2.36 bits per heavy atom. The van der Waals surface area contributed by atoms with E-state index in [1.165, 1.54) is 47.2 Å². The molecular formula is C12H16BrN. The molecule has 1 aromatic carbocycles. The summed E-state index contributed by atoms with van der Waals surface area (Å²) in [4.78, 5) is 2.49. The molecule has 0 unspecified atom stereocenters. The first-order chi connectivity index (χ1) is 6.68. The summed E-state index contributed by atoms with van der Waals surface area (Å²) < 4.78 is 1.22. The van der Waals surface area contributed by atoms with Crippen molar-refractivity contribution in [1.82, 2.24) is 0 Å². The maximum Gasteiger partial charge on any atom is 0.0399 e. The molecule has 2 rings (SSSR count). The Morgan fingerprint density at radius 1 is 1.07 bits per heavy atom. The Labute approximate surface area is 94.2 Å². The summed E-state index contributed by atoms with van der Waals surface area (Å²) >= 11 is 3.57. The zero-order chi connectivity index (χ0) is 10.1. The lowest BCUT2D eigenvalue weighted by Gasteiger charge is -2.21.